The van der Waals surface area contributed by atoms with Gasteiger partial charge in [-0.1, -0.05) is 13.8 Å². The summed E-state index contributed by atoms with van der Waals surface area (Å²) in [6.45, 7) is 3.97. The van der Waals surface area contributed by atoms with Crippen molar-refractivity contribution in [1.29, 1.82) is 0 Å². The first-order chi connectivity index (χ1) is 9.58. The largest absolute Gasteiger partial charge is 0.393 e. The van der Waals surface area contributed by atoms with Crippen LogP contribution in [-0.2, 0) is 0 Å². The number of carbonyl (C=O) groups is 1. The van der Waals surface area contributed by atoms with Crippen molar-refractivity contribution in [1.82, 2.24) is 9.88 Å². The molecule has 5 heteroatoms. The van der Waals surface area contributed by atoms with Gasteiger partial charge in [-0.25, -0.2) is 0 Å². The number of nitrogens with one attached hydrogen (secondary N) is 1. The van der Waals surface area contributed by atoms with Crippen molar-refractivity contribution >= 4 is 17.2 Å². The summed E-state index contributed by atoms with van der Waals surface area (Å²) >= 11 is 1.56. The Labute approximate surface area is 122 Å². The summed E-state index contributed by atoms with van der Waals surface area (Å²) in [7, 11) is 0. The van der Waals surface area contributed by atoms with Gasteiger partial charge in [-0.3, -0.25) is 4.79 Å². The van der Waals surface area contributed by atoms with Gasteiger partial charge in [0.15, 0.2) is 0 Å². The van der Waals surface area contributed by atoms with E-state index in [1.165, 1.54) is 0 Å². The molecule has 0 saturated heterocycles. The first-order valence-corrected chi connectivity index (χ1v) is 7.70. The van der Waals surface area contributed by atoms with Gasteiger partial charge in [0.1, 0.15) is 5.00 Å². The van der Waals surface area contributed by atoms with E-state index in [1.54, 1.807) is 11.3 Å². The fourth-order valence-electron chi connectivity index (χ4n) is 2.53. The Hall–Kier alpha value is -1.59. The van der Waals surface area contributed by atoms with Gasteiger partial charge in [-0.2, -0.15) is 0 Å². The van der Waals surface area contributed by atoms with Gasteiger partial charge >= 0.3 is 0 Å². The van der Waals surface area contributed by atoms with Crippen LogP contribution in [0.2, 0.25) is 0 Å². The Bertz CT molecular complexity index is 629. The van der Waals surface area contributed by atoms with Gasteiger partial charge in [0.2, 0.25) is 0 Å². The lowest BCUT2D eigenvalue weighted by molar-refractivity contribution is 0.0856. The SMILES string of the molecule is CC(C)C(O)CC1NC(=O)c2ccsc2-n2cccc21. The number of aliphatic hydroxyl groups is 1. The van der Waals surface area contributed by atoms with Crippen LogP contribution < -0.4 is 5.32 Å². The van der Waals surface area contributed by atoms with Gasteiger partial charge in [0.25, 0.3) is 5.91 Å². The maximum absolute atomic E-state index is 12.3. The van der Waals surface area contributed by atoms with Crippen LogP contribution in [0.25, 0.3) is 5.00 Å². The number of fused-ring (bicyclic) bond motifs is 3. The molecule has 1 aliphatic heterocycles. The molecule has 0 bridgehead atoms. The zero-order valence-electron chi connectivity index (χ0n) is 11.5. The third kappa shape index (κ3) is 2.17. The first-order valence-electron chi connectivity index (χ1n) is 6.82. The van der Waals surface area contributed by atoms with Crippen molar-refractivity contribution in [2.45, 2.75) is 32.4 Å². The van der Waals surface area contributed by atoms with E-state index in [9.17, 15) is 9.90 Å². The molecular formula is C15H18N2O2S. The van der Waals surface area contributed by atoms with Gasteiger partial charge in [-0.15, -0.1) is 11.3 Å². The molecule has 0 saturated carbocycles. The van der Waals surface area contributed by atoms with E-state index in [0.29, 0.717) is 12.0 Å². The Morgan fingerprint density at radius 2 is 2.25 bits per heavy atom. The van der Waals surface area contributed by atoms with E-state index < -0.39 is 6.10 Å². The van der Waals surface area contributed by atoms with Crippen molar-refractivity contribution in [3.8, 4) is 5.00 Å². The Morgan fingerprint density at radius 3 is 3.00 bits per heavy atom. The van der Waals surface area contributed by atoms with Crippen LogP contribution in [0.3, 0.4) is 0 Å². The molecule has 2 atom stereocenters. The summed E-state index contributed by atoms with van der Waals surface area (Å²) < 4.78 is 2.05. The van der Waals surface area contributed by atoms with Crippen LogP contribution in [0.15, 0.2) is 29.8 Å². The molecule has 0 aliphatic carbocycles. The van der Waals surface area contributed by atoms with E-state index in [0.717, 1.165) is 10.7 Å². The molecule has 2 N–H and O–H groups in total. The number of aromatic nitrogens is 1. The third-order valence-electron chi connectivity index (χ3n) is 3.80. The predicted molar refractivity (Wildman–Crippen MR) is 79.3 cm³/mol. The van der Waals surface area contributed by atoms with Crippen LogP contribution in [-0.4, -0.2) is 21.7 Å². The first kappa shape index (κ1) is 13.4. The molecular weight excluding hydrogens is 272 g/mol. The second-order valence-electron chi connectivity index (χ2n) is 5.52. The zero-order valence-corrected chi connectivity index (χ0v) is 12.4. The summed E-state index contributed by atoms with van der Waals surface area (Å²) in [4.78, 5) is 12.3. The molecule has 3 heterocycles. The minimum absolute atomic E-state index is 0.0640. The molecule has 3 rings (SSSR count). The molecule has 106 valence electrons. The standard InChI is InChI=1S/C15H18N2O2S/c1-9(2)13(18)8-11-12-4-3-6-17(12)15-10(5-7-20-15)14(19)16-11/h3-7,9,11,13,18H,8H2,1-2H3,(H,16,19). The summed E-state index contributed by atoms with van der Waals surface area (Å²) in [5.41, 5.74) is 1.73. The summed E-state index contributed by atoms with van der Waals surface area (Å²) in [5, 5.41) is 16.0. The highest BCUT2D eigenvalue weighted by atomic mass is 32.1. The molecule has 1 aliphatic rings. The quantitative estimate of drug-likeness (QED) is 0.913. The smallest absolute Gasteiger partial charge is 0.254 e. The molecule has 20 heavy (non-hydrogen) atoms. The van der Waals surface area contributed by atoms with Crippen molar-refractivity contribution in [3.05, 3.63) is 41.0 Å². The van der Waals surface area contributed by atoms with Crippen LogP contribution in [0.5, 0.6) is 0 Å². The van der Waals surface area contributed by atoms with Crippen LogP contribution >= 0.6 is 11.3 Å². The fourth-order valence-corrected chi connectivity index (χ4v) is 3.43. The lowest BCUT2D eigenvalue weighted by Gasteiger charge is -2.22. The minimum Gasteiger partial charge on any atom is -0.393 e. The summed E-state index contributed by atoms with van der Waals surface area (Å²) in [6, 6.07) is 5.67. The number of amides is 1. The monoisotopic (exact) mass is 290 g/mol. The molecule has 0 aromatic carbocycles. The Balaban J connectivity index is 2.00. The van der Waals surface area contributed by atoms with Crippen LogP contribution in [0.4, 0.5) is 0 Å². The average molecular weight is 290 g/mol. The normalized spacial score (nSPS) is 19.2. The van der Waals surface area contributed by atoms with Crippen LogP contribution in [0, 0.1) is 5.92 Å². The topological polar surface area (TPSA) is 54.3 Å². The highest BCUT2D eigenvalue weighted by molar-refractivity contribution is 7.13. The molecule has 0 spiro atoms. The Kier molecular flexibility index (Phi) is 3.40. The highest BCUT2D eigenvalue weighted by Gasteiger charge is 2.29. The van der Waals surface area contributed by atoms with E-state index in [4.69, 9.17) is 0 Å². The molecule has 4 nitrogen and oxygen atoms in total. The van der Waals surface area contributed by atoms with Gasteiger partial charge < -0.3 is 15.0 Å². The lowest BCUT2D eigenvalue weighted by atomic mass is 9.98. The second-order valence-corrected chi connectivity index (χ2v) is 6.41. The number of hydrogen-bond acceptors (Lipinski definition) is 3. The fraction of sp³-hybridized carbons (Fsp3) is 0.400. The van der Waals surface area contributed by atoms with E-state index >= 15 is 0 Å². The van der Waals surface area contributed by atoms with Gasteiger partial charge in [-0.05, 0) is 35.9 Å². The maximum Gasteiger partial charge on any atom is 0.254 e. The van der Waals surface area contributed by atoms with E-state index in [1.807, 2.05) is 43.6 Å². The molecule has 0 fully saturated rings. The number of thiophene rings is 1. The predicted octanol–water partition coefficient (Wildman–Crippen LogP) is 2.73. The zero-order chi connectivity index (χ0) is 14.3. The third-order valence-corrected chi connectivity index (χ3v) is 4.71. The minimum atomic E-state index is -0.431. The molecule has 2 aromatic rings. The lowest BCUT2D eigenvalue weighted by Crippen LogP contribution is -2.31. The Morgan fingerprint density at radius 1 is 1.45 bits per heavy atom. The molecule has 2 aromatic heterocycles. The number of hydrogen-bond donors (Lipinski definition) is 2. The van der Waals surface area contributed by atoms with Crippen LogP contribution in [0.1, 0.15) is 42.4 Å². The highest BCUT2D eigenvalue weighted by Crippen LogP contribution is 2.32. The number of carbonyl (C=O) groups excluding carboxylic acids is 1. The molecule has 1 amide bonds. The van der Waals surface area contributed by atoms with E-state index in [-0.39, 0.29) is 17.9 Å². The molecule has 0 radical (unpaired) electrons. The number of nitrogens with zero attached hydrogens (tertiary/aromatic N) is 1. The second kappa shape index (κ2) is 5.07. The van der Waals surface area contributed by atoms with Crippen molar-refractivity contribution in [2.24, 2.45) is 5.92 Å². The summed E-state index contributed by atoms with van der Waals surface area (Å²) in [5.74, 6) is 0.110. The average Bonchev–Trinajstić information content (AvgIpc) is 3.04. The number of aliphatic hydroxyl groups excluding tert-OH is 1. The van der Waals surface area contributed by atoms with Crippen molar-refractivity contribution in [2.75, 3.05) is 0 Å². The van der Waals surface area contributed by atoms with Gasteiger partial charge in [0.05, 0.1) is 17.7 Å². The number of rotatable bonds is 3. The van der Waals surface area contributed by atoms with Crippen molar-refractivity contribution < 1.29 is 9.90 Å². The van der Waals surface area contributed by atoms with Crippen molar-refractivity contribution in [3.63, 3.8) is 0 Å². The summed E-state index contributed by atoms with van der Waals surface area (Å²) in [6.07, 6.45) is 2.07. The van der Waals surface area contributed by atoms with E-state index in [2.05, 4.69) is 9.88 Å². The molecule has 2 unspecified atom stereocenters. The maximum atomic E-state index is 12.3. The van der Waals surface area contributed by atoms with Gasteiger partial charge in [0, 0.05) is 11.9 Å².